The second-order valence-electron chi connectivity index (χ2n) is 7.58. The Labute approximate surface area is 182 Å². The highest BCUT2D eigenvalue weighted by atomic mass is 16.2. The molecule has 4 rings (SSSR count). The molecule has 3 aromatic carbocycles. The van der Waals surface area contributed by atoms with Crippen LogP contribution in [0.15, 0.2) is 103 Å². The lowest BCUT2D eigenvalue weighted by Crippen LogP contribution is -2.41. The fraction of sp³-hybridized carbons (Fsp3) is 0.111. The highest BCUT2D eigenvalue weighted by molar-refractivity contribution is 5.96. The van der Waals surface area contributed by atoms with Gasteiger partial charge in [0.25, 0.3) is 0 Å². The lowest BCUT2D eigenvalue weighted by atomic mass is 9.85. The zero-order valence-corrected chi connectivity index (χ0v) is 17.4. The van der Waals surface area contributed by atoms with E-state index in [1.165, 1.54) is 0 Å². The van der Waals surface area contributed by atoms with Gasteiger partial charge in [-0.2, -0.15) is 0 Å². The number of nitrogens with zero attached hydrogens (tertiary/aromatic N) is 1. The quantitative estimate of drug-likeness (QED) is 0.464. The van der Waals surface area contributed by atoms with E-state index in [4.69, 9.17) is 5.73 Å². The molecule has 0 spiro atoms. The summed E-state index contributed by atoms with van der Waals surface area (Å²) in [5, 5.41) is 2.98. The maximum absolute atomic E-state index is 13.1. The van der Waals surface area contributed by atoms with E-state index in [1.807, 2.05) is 104 Å². The van der Waals surface area contributed by atoms with Crippen LogP contribution in [0.4, 0.5) is 5.69 Å². The van der Waals surface area contributed by atoms with Gasteiger partial charge in [0.2, 0.25) is 5.91 Å². The van der Waals surface area contributed by atoms with Gasteiger partial charge in [0.05, 0.1) is 6.04 Å². The molecule has 1 heterocycles. The zero-order valence-electron chi connectivity index (χ0n) is 17.4. The number of benzene rings is 3. The molecule has 0 saturated carbocycles. The molecule has 4 aromatic rings. The lowest BCUT2D eigenvalue weighted by Gasteiger charge is -2.24. The molecule has 0 aliphatic carbocycles. The topological polar surface area (TPSA) is 68.0 Å². The molecule has 4 heteroatoms. The Balaban J connectivity index is 1.55. The van der Waals surface area contributed by atoms with Gasteiger partial charge in [0.15, 0.2) is 0 Å². The van der Waals surface area contributed by atoms with Gasteiger partial charge in [-0.25, -0.2) is 0 Å². The van der Waals surface area contributed by atoms with Crippen molar-refractivity contribution in [2.45, 2.75) is 18.9 Å². The van der Waals surface area contributed by atoms with E-state index in [2.05, 4.69) is 10.3 Å². The highest BCUT2D eigenvalue weighted by Crippen LogP contribution is 2.28. The molecular formula is C27H25N3O. The Morgan fingerprint density at radius 2 is 1.42 bits per heavy atom. The summed E-state index contributed by atoms with van der Waals surface area (Å²) in [6.07, 6.45) is 3.63. The number of nitrogens with one attached hydrogen (secondary N) is 1. The van der Waals surface area contributed by atoms with E-state index in [9.17, 15) is 4.79 Å². The third-order valence-corrected chi connectivity index (χ3v) is 5.46. The third kappa shape index (κ3) is 4.71. The van der Waals surface area contributed by atoms with Gasteiger partial charge in [-0.05, 0) is 52.9 Å². The minimum Gasteiger partial charge on any atom is -0.325 e. The average Bonchev–Trinajstić information content (AvgIpc) is 2.81. The Morgan fingerprint density at radius 3 is 1.97 bits per heavy atom. The molecule has 154 valence electrons. The van der Waals surface area contributed by atoms with Crippen molar-refractivity contribution in [3.8, 4) is 11.1 Å². The summed E-state index contributed by atoms with van der Waals surface area (Å²) in [4.78, 5) is 17.2. The maximum atomic E-state index is 13.1. The fourth-order valence-corrected chi connectivity index (χ4v) is 3.84. The van der Waals surface area contributed by atoms with Crippen LogP contribution in [-0.4, -0.2) is 16.9 Å². The molecule has 0 unspecified atom stereocenters. The summed E-state index contributed by atoms with van der Waals surface area (Å²) in [5.74, 6) is -0.452. The van der Waals surface area contributed by atoms with Crippen molar-refractivity contribution in [2.24, 2.45) is 5.73 Å². The normalized spacial score (nSPS) is 11.8. The molecule has 1 amide bonds. The van der Waals surface area contributed by atoms with Crippen LogP contribution in [0.2, 0.25) is 0 Å². The molecule has 0 radical (unpaired) electrons. The van der Waals surface area contributed by atoms with E-state index in [-0.39, 0.29) is 11.8 Å². The van der Waals surface area contributed by atoms with Crippen LogP contribution < -0.4 is 11.1 Å². The molecule has 1 aromatic heterocycles. The number of aromatic nitrogens is 1. The second kappa shape index (κ2) is 9.37. The van der Waals surface area contributed by atoms with E-state index in [0.29, 0.717) is 0 Å². The van der Waals surface area contributed by atoms with E-state index >= 15 is 0 Å². The fourth-order valence-electron chi connectivity index (χ4n) is 3.84. The van der Waals surface area contributed by atoms with E-state index < -0.39 is 6.04 Å². The van der Waals surface area contributed by atoms with Crippen molar-refractivity contribution in [2.75, 3.05) is 5.32 Å². The van der Waals surface area contributed by atoms with Gasteiger partial charge in [-0.3, -0.25) is 9.78 Å². The Hall–Kier alpha value is -3.76. The number of hydrogen-bond acceptors (Lipinski definition) is 3. The van der Waals surface area contributed by atoms with Crippen molar-refractivity contribution in [3.05, 3.63) is 120 Å². The first kappa shape index (κ1) is 20.5. The molecule has 0 aliphatic rings. The summed E-state index contributed by atoms with van der Waals surface area (Å²) < 4.78 is 0. The summed E-state index contributed by atoms with van der Waals surface area (Å²) in [6.45, 7) is 2.03. The first-order valence-electron chi connectivity index (χ1n) is 10.3. The van der Waals surface area contributed by atoms with Gasteiger partial charge < -0.3 is 11.1 Å². The van der Waals surface area contributed by atoms with E-state index in [1.54, 1.807) is 6.20 Å². The maximum Gasteiger partial charge on any atom is 0.242 e. The molecule has 3 N–H and O–H groups in total. The van der Waals surface area contributed by atoms with Gasteiger partial charge in [-0.15, -0.1) is 0 Å². The smallest absolute Gasteiger partial charge is 0.242 e. The number of rotatable bonds is 6. The number of amides is 1. The number of aryl methyl sites for hydroxylation is 1. The van der Waals surface area contributed by atoms with E-state index in [0.717, 1.165) is 33.5 Å². The minimum atomic E-state index is -0.730. The van der Waals surface area contributed by atoms with Crippen molar-refractivity contribution >= 4 is 11.6 Å². The van der Waals surface area contributed by atoms with Crippen LogP contribution in [-0.2, 0) is 4.79 Å². The van der Waals surface area contributed by atoms with Crippen molar-refractivity contribution in [1.29, 1.82) is 0 Å². The number of nitrogens with two attached hydrogens (primary N) is 1. The molecule has 0 fully saturated rings. The number of carbonyl (C=O) groups is 1. The van der Waals surface area contributed by atoms with Crippen molar-refractivity contribution in [3.63, 3.8) is 0 Å². The third-order valence-electron chi connectivity index (χ3n) is 5.46. The summed E-state index contributed by atoms with van der Waals surface area (Å²) in [5.41, 5.74) is 12.5. The molecule has 0 bridgehead atoms. The van der Waals surface area contributed by atoms with Crippen LogP contribution in [0.3, 0.4) is 0 Å². The zero-order chi connectivity index (χ0) is 21.6. The van der Waals surface area contributed by atoms with Crippen LogP contribution in [0.1, 0.15) is 22.6 Å². The molecule has 0 saturated heterocycles. The molecule has 4 nitrogen and oxygen atoms in total. The molecule has 31 heavy (non-hydrogen) atoms. The number of anilines is 1. The van der Waals surface area contributed by atoms with Gasteiger partial charge in [0.1, 0.15) is 0 Å². The number of carbonyl (C=O) groups excluding carboxylic acids is 1. The average molecular weight is 408 g/mol. The summed E-state index contributed by atoms with van der Waals surface area (Å²) >= 11 is 0. The predicted molar refractivity (Wildman–Crippen MR) is 126 cm³/mol. The number of hydrogen-bond donors (Lipinski definition) is 2. The summed E-state index contributed by atoms with van der Waals surface area (Å²) in [6, 6.07) is 28.9. The second-order valence-corrected chi connectivity index (χ2v) is 7.58. The van der Waals surface area contributed by atoms with Crippen LogP contribution in [0.25, 0.3) is 11.1 Å². The van der Waals surface area contributed by atoms with Gasteiger partial charge in [0, 0.05) is 24.0 Å². The minimum absolute atomic E-state index is 0.217. The first-order valence-corrected chi connectivity index (χ1v) is 10.3. The number of pyridine rings is 1. The Kier molecular flexibility index (Phi) is 6.20. The van der Waals surface area contributed by atoms with Gasteiger partial charge in [-0.1, -0.05) is 72.8 Å². The van der Waals surface area contributed by atoms with Gasteiger partial charge >= 0.3 is 0 Å². The Morgan fingerprint density at radius 1 is 0.839 bits per heavy atom. The first-order chi connectivity index (χ1) is 15.1. The predicted octanol–water partition coefficient (Wildman–Crippen LogP) is 5.15. The van der Waals surface area contributed by atoms with Crippen LogP contribution in [0, 0.1) is 6.92 Å². The van der Waals surface area contributed by atoms with Crippen molar-refractivity contribution in [1.82, 2.24) is 4.98 Å². The summed E-state index contributed by atoms with van der Waals surface area (Å²) in [7, 11) is 0. The molecule has 1 atom stereocenters. The monoisotopic (exact) mass is 407 g/mol. The lowest BCUT2D eigenvalue weighted by molar-refractivity contribution is -0.117. The molecule has 0 aliphatic heterocycles. The van der Waals surface area contributed by atoms with Crippen LogP contribution in [0.5, 0.6) is 0 Å². The standard InChI is InChI=1S/C27H25N3O/c1-19-18-29-17-16-24(19)20-12-14-23(15-13-20)30-27(31)26(28)25(21-8-4-2-5-9-21)22-10-6-3-7-11-22/h2-18,25-26H,28H2,1H3,(H,30,31)/t26-/m0/s1. The van der Waals surface area contributed by atoms with Crippen LogP contribution >= 0.6 is 0 Å². The SMILES string of the molecule is Cc1cnccc1-c1ccc(NC(=O)[C@@H](N)C(c2ccccc2)c2ccccc2)cc1. The molecular weight excluding hydrogens is 382 g/mol. The van der Waals surface area contributed by atoms with Crippen molar-refractivity contribution < 1.29 is 4.79 Å². The highest BCUT2D eigenvalue weighted by Gasteiger charge is 2.27. The largest absolute Gasteiger partial charge is 0.325 e. The Bertz CT molecular complexity index is 1100.